The molecule has 0 saturated carbocycles. The summed E-state index contributed by atoms with van der Waals surface area (Å²) < 4.78 is 19.3. The summed E-state index contributed by atoms with van der Waals surface area (Å²) in [7, 11) is 1.24. The van der Waals surface area contributed by atoms with Crippen LogP contribution in [-0.2, 0) is 16.1 Å². The van der Waals surface area contributed by atoms with Crippen molar-refractivity contribution in [3.8, 4) is 0 Å². The number of hydrogen-bond donors (Lipinski definition) is 1. The maximum atomic E-state index is 14.4. The molecule has 1 unspecified atom stereocenters. The van der Waals surface area contributed by atoms with Gasteiger partial charge in [-0.3, -0.25) is 4.90 Å². The molecule has 2 aromatic rings. The molecule has 1 aliphatic heterocycles. The van der Waals surface area contributed by atoms with Gasteiger partial charge in [0.2, 0.25) is 0 Å². The van der Waals surface area contributed by atoms with Gasteiger partial charge in [-0.1, -0.05) is 48.0 Å². The number of benzene rings is 2. The molecule has 0 spiro atoms. The fourth-order valence-electron chi connectivity index (χ4n) is 3.12. The van der Waals surface area contributed by atoms with Crippen molar-refractivity contribution in [1.29, 1.82) is 0 Å². The van der Waals surface area contributed by atoms with Crippen LogP contribution in [0.15, 0.2) is 59.8 Å². The van der Waals surface area contributed by atoms with E-state index in [1.165, 1.54) is 30.2 Å². The fraction of sp³-hybridized carbons (Fsp3) is 0.200. The molecule has 7 heteroatoms. The highest BCUT2D eigenvalue weighted by atomic mass is 35.5. The van der Waals surface area contributed by atoms with Crippen LogP contribution in [0.5, 0.6) is 0 Å². The molecule has 0 aliphatic carbocycles. The number of methoxy groups -OCH3 is 1. The standard InChI is InChI=1S/C20H18ClFN2O3/c1-12-16(19(25)27-2)18(17-14(21)9-6-10-15(17)22)23-20(26)24(12)11-13-7-4-3-5-8-13/h3-10,18H,11H2,1-2H3,(H,23,26). The van der Waals surface area contributed by atoms with Gasteiger partial charge in [0.05, 0.1) is 25.3 Å². The number of hydrogen-bond acceptors (Lipinski definition) is 3. The summed E-state index contributed by atoms with van der Waals surface area (Å²) in [5, 5.41) is 2.80. The monoisotopic (exact) mass is 388 g/mol. The Morgan fingerprint density at radius 2 is 1.93 bits per heavy atom. The van der Waals surface area contributed by atoms with Crippen molar-refractivity contribution in [3.63, 3.8) is 0 Å². The van der Waals surface area contributed by atoms with Gasteiger partial charge >= 0.3 is 12.0 Å². The lowest BCUT2D eigenvalue weighted by Crippen LogP contribution is -2.47. The molecule has 0 saturated heterocycles. The molecule has 1 heterocycles. The molecule has 3 rings (SSSR count). The van der Waals surface area contributed by atoms with E-state index in [1.807, 2.05) is 30.3 Å². The highest BCUT2D eigenvalue weighted by molar-refractivity contribution is 6.31. The zero-order chi connectivity index (χ0) is 19.6. The quantitative estimate of drug-likeness (QED) is 0.799. The van der Waals surface area contributed by atoms with E-state index in [0.29, 0.717) is 5.70 Å². The van der Waals surface area contributed by atoms with Crippen molar-refractivity contribution >= 4 is 23.6 Å². The summed E-state index contributed by atoms with van der Waals surface area (Å²) in [6.45, 7) is 1.90. The Morgan fingerprint density at radius 1 is 1.22 bits per heavy atom. The van der Waals surface area contributed by atoms with Crippen LogP contribution in [0.2, 0.25) is 5.02 Å². The van der Waals surface area contributed by atoms with Crippen LogP contribution in [0, 0.1) is 5.82 Å². The van der Waals surface area contributed by atoms with Crippen molar-refractivity contribution in [2.24, 2.45) is 0 Å². The van der Waals surface area contributed by atoms with E-state index in [2.05, 4.69) is 5.32 Å². The number of carbonyl (C=O) groups excluding carboxylic acids is 2. The first kappa shape index (κ1) is 18.9. The molecule has 2 aromatic carbocycles. The van der Waals surface area contributed by atoms with Crippen molar-refractivity contribution in [2.45, 2.75) is 19.5 Å². The third-order valence-electron chi connectivity index (χ3n) is 4.47. The molecule has 0 fully saturated rings. The van der Waals surface area contributed by atoms with Crippen LogP contribution in [-0.4, -0.2) is 24.0 Å². The van der Waals surface area contributed by atoms with Crippen LogP contribution < -0.4 is 5.32 Å². The van der Waals surface area contributed by atoms with Crippen LogP contribution >= 0.6 is 11.6 Å². The number of urea groups is 1. The molecule has 5 nitrogen and oxygen atoms in total. The number of allylic oxidation sites excluding steroid dienone is 1. The Balaban J connectivity index is 2.09. The highest BCUT2D eigenvalue weighted by Gasteiger charge is 2.38. The molecule has 27 heavy (non-hydrogen) atoms. The minimum absolute atomic E-state index is 0.0339. The molecular formula is C20H18ClFN2O3. The van der Waals surface area contributed by atoms with Crippen molar-refractivity contribution < 1.29 is 18.7 Å². The first-order valence-electron chi connectivity index (χ1n) is 8.29. The highest BCUT2D eigenvalue weighted by Crippen LogP contribution is 2.36. The number of nitrogens with zero attached hydrogens (tertiary/aromatic N) is 1. The number of amides is 2. The SMILES string of the molecule is COC(=O)C1=C(C)N(Cc2ccccc2)C(=O)NC1c1c(F)cccc1Cl. The maximum Gasteiger partial charge on any atom is 0.337 e. The molecule has 2 amide bonds. The van der Waals surface area contributed by atoms with Crippen LogP contribution in [0.25, 0.3) is 0 Å². The molecule has 1 aliphatic rings. The lowest BCUT2D eigenvalue weighted by atomic mass is 9.94. The zero-order valence-electron chi connectivity index (χ0n) is 14.8. The smallest absolute Gasteiger partial charge is 0.337 e. The Morgan fingerprint density at radius 3 is 2.56 bits per heavy atom. The van der Waals surface area contributed by atoms with Gasteiger partial charge in [0.15, 0.2) is 0 Å². The normalized spacial score (nSPS) is 17.0. The van der Waals surface area contributed by atoms with Crippen LogP contribution in [0.4, 0.5) is 9.18 Å². The predicted octanol–water partition coefficient (Wildman–Crippen LogP) is 4.19. The third kappa shape index (κ3) is 3.66. The molecular weight excluding hydrogens is 371 g/mol. The summed E-state index contributed by atoms with van der Waals surface area (Å²) >= 11 is 6.16. The van der Waals surface area contributed by atoms with Crippen molar-refractivity contribution in [3.05, 3.63) is 81.8 Å². The van der Waals surface area contributed by atoms with Gasteiger partial charge in [-0.2, -0.15) is 0 Å². The molecule has 0 radical (unpaired) electrons. The van der Waals surface area contributed by atoms with E-state index in [0.717, 1.165) is 5.56 Å². The summed E-state index contributed by atoms with van der Waals surface area (Å²) in [4.78, 5) is 26.6. The predicted molar refractivity (Wildman–Crippen MR) is 99.4 cm³/mol. The molecule has 1 N–H and O–H groups in total. The minimum Gasteiger partial charge on any atom is -0.466 e. The second-order valence-corrected chi connectivity index (χ2v) is 6.49. The lowest BCUT2D eigenvalue weighted by Gasteiger charge is -2.35. The largest absolute Gasteiger partial charge is 0.466 e. The number of rotatable bonds is 4. The number of halogens is 2. The summed E-state index contributed by atoms with van der Waals surface area (Å²) in [5.41, 5.74) is 1.45. The van der Waals surface area contributed by atoms with Gasteiger partial charge in [-0.15, -0.1) is 0 Å². The van der Waals surface area contributed by atoms with Gasteiger partial charge in [-0.05, 0) is 24.6 Å². The first-order valence-corrected chi connectivity index (χ1v) is 8.66. The van der Waals surface area contributed by atoms with Crippen molar-refractivity contribution in [2.75, 3.05) is 7.11 Å². The van der Waals surface area contributed by atoms with Gasteiger partial charge in [0.25, 0.3) is 0 Å². The Labute approximate surface area is 161 Å². The van der Waals surface area contributed by atoms with Crippen molar-refractivity contribution in [1.82, 2.24) is 10.2 Å². The Hall–Kier alpha value is -2.86. The van der Waals surface area contributed by atoms with E-state index in [9.17, 15) is 14.0 Å². The van der Waals surface area contributed by atoms with Gasteiger partial charge in [0, 0.05) is 16.3 Å². The van der Waals surface area contributed by atoms with Crippen LogP contribution in [0.1, 0.15) is 24.1 Å². The minimum atomic E-state index is -1.04. The second-order valence-electron chi connectivity index (χ2n) is 6.08. The van der Waals surface area contributed by atoms with E-state index >= 15 is 0 Å². The Kier molecular flexibility index (Phi) is 5.46. The first-order chi connectivity index (χ1) is 12.9. The van der Waals surface area contributed by atoms with Gasteiger partial charge in [0.1, 0.15) is 5.82 Å². The van der Waals surface area contributed by atoms with Crippen LogP contribution in [0.3, 0.4) is 0 Å². The van der Waals surface area contributed by atoms with Gasteiger partial charge in [-0.25, -0.2) is 14.0 Å². The number of ether oxygens (including phenoxy) is 1. The molecule has 140 valence electrons. The summed E-state index contributed by atoms with van der Waals surface area (Å²) in [5.74, 6) is -1.27. The van der Waals surface area contributed by atoms with Gasteiger partial charge < -0.3 is 10.1 Å². The Bertz CT molecular complexity index is 894. The lowest BCUT2D eigenvalue weighted by molar-refractivity contribution is -0.136. The topological polar surface area (TPSA) is 58.6 Å². The third-order valence-corrected chi connectivity index (χ3v) is 4.80. The molecule has 0 aromatic heterocycles. The summed E-state index contributed by atoms with van der Waals surface area (Å²) in [6, 6.07) is 12.1. The summed E-state index contributed by atoms with van der Waals surface area (Å²) in [6.07, 6.45) is 0. The van der Waals surface area contributed by atoms with E-state index in [4.69, 9.17) is 16.3 Å². The van der Waals surface area contributed by atoms with E-state index < -0.39 is 23.9 Å². The zero-order valence-corrected chi connectivity index (χ0v) is 15.6. The second kappa shape index (κ2) is 7.80. The van der Waals surface area contributed by atoms with E-state index in [1.54, 1.807) is 6.92 Å². The fourth-order valence-corrected chi connectivity index (χ4v) is 3.39. The van der Waals surface area contributed by atoms with E-state index in [-0.39, 0.29) is 22.7 Å². The maximum absolute atomic E-state index is 14.4. The number of carbonyl (C=O) groups is 2. The average Bonchev–Trinajstić information content (AvgIpc) is 2.65. The molecule has 1 atom stereocenters. The molecule has 0 bridgehead atoms. The number of nitrogens with one attached hydrogen (secondary N) is 1. The average molecular weight is 389 g/mol. The number of esters is 1.